The van der Waals surface area contributed by atoms with Gasteiger partial charge in [-0.25, -0.2) is 0 Å². The van der Waals surface area contributed by atoms with Gasteiger partial charge in [-0.05, 0) is 43.4 Å². The van der Waals surface area contributed by atoms with Crippen LogP contribution in [-0.4, -0.2) is 19.3 Å². The number of nitriles is 1. The van der Waals surface area contributed by atoms with Crippen LogP contribution < -0.4 is 5.32 Å². The van der Waals surface area contributed by atoms with E-state index in [2.05, 4.69) is 30.4 Å². The van der Waals surface area contributed by atoms with Gasteiger partial charge in [-0.1, -0.05) is 12.1 Å². The molecule has 0 radical (unpaired) electrons. The van der Waals surface area contributed by atoms with Crippen molar-refractivity contribution in [2.75, 3.05) is 18.5 Å². The van der Waals surface area contributed by atoms with Gasteiger partial charge in [0.25, 0.3) is 0 Å². The zero-order chi connectivity index (χ0) is 12.1. The van der Waals surface area contributed by atoms with Crippen molar-refractivity contribution < 1.29 is 4.74 Å². The number of ether oxygens (including phenoxy) is 1. The number of rotatable bonds is 3. The van der Waals surface area contributed by atoms with Crippen LogP contribution in [0.2, 0.25) is 0 Å². The van der Waals surface area contributed by atoms with Crippen molar-refractivity contribution >= 4 is 5.69 Å². The SMILES string of the molecule is Cc1cccc(NC(C#N)C2CCOCC2)c1. The molecular weight excluding hydrogens is 212 g/mol. The molecule has 17 heavy (non-hydrogen) atoms. The van der Waals surface area contributed by atoms with E-state index in [4.69, 9.17) is 4.74 Å². The second kappa shape index (κ2) is 5.70. The Balaban J connectivity index is 2.02. The minimum Gasteiger partial charge on any atom is -0.381 e. The lowest BCUT2D eigenvalue weighted by Gasteiger charge is -2.27. The first-order valence-corrected chi connectivity index (χ1v) is 6.10. The lowest BCUT2D eigenvalue weighted by atomic mass is 9.92. The van der Waals surface area contributed by atoms with Crippen molar-refractivity contribution in [1.82, 2.24) is 0 Å². The summed E-state index contributed by atoms with van der Waals surface area (Å²) in [6.07, 6.45) is 1.94. The number of benzene rings is 1. The molecular formula is C14H18N2O. The molecule has 0 bridgehead atoms. The second-order valence-corrected chi connectivity index (χ2v) is 4.57. The molecule has 1 aliphatic heterocycles. The maximum absolute atomic E-state index is 9.26. The van der Waals surface area contributed by atoms with Crippen LogP contribution in [0.5, 0.6) is 0 Å². The fourth-order valence-electron chi connectivity index (χ4n) is 2.22. The van der Waals surface area contributed by atoms with Gasteiger partial charge in [0.1, 0.15) is 6.04 Å². The molecule has 3 nitrogen and oxygen atoms in total. The van der Waals surface area contributed by atoms with E-state index in [9.17, 15) is 5.26 Å². The standard InChI is InChI=1S/C14H18N2O/c1-11-3-2-4-13(9-11)16-14(10-15)12-5-7-17-8-6-12/h2-4,9,12,14,16H,5-8H2,1H3. The van der Waals surface area contributed by atoms with Gasteiger partial charge < -0.3 is 10.1 Å². The van der Waals surface area contributed by atoms with Gasteiger partial charge in [0.15, 0.2) is 0 Å². The molecule has 1 aliphatic rings. The lowest BCUT2D eigenvalue weighted by Crippen LogP contribution is -2.32. The zero-order valence-corrected chi connectivity index (χ0v) is 10.1. The van der Waals surface area contributed by atoms with Crippen LogP contribution in [0.15, 0.2) is 24.3 Å². The maximum Gasteiger partial charge on any atom is 0.117 e. The first kappa shape index (κ1) is 11.9. The van der Waals surface area contributed by atoms with E-state index in [0.717, 1.165) is 31.7 Å². The van der Waals surface area contributed by atoms with Crippen LogP contribution in [0.1, 0.15) is 18.4 Å². The molecule has 1 aromatic rings. The van der Waals surface area contributed by atoms with Crippen molar-refractivity contribution in [2.45, 2.75) is 25.8 Å². The summed E-state index contributed by atoms with van der Waals surface area (Å²) in [5.74, 6) is 0.397. The number of aryl methyl sites for hydroxylation is 1. The Hall–Kier alpha value is -1.53. The molecule has 0 amide bonds. The van der Waals surface area contributed by atoms with Crippen LogP contribution in [0, 0.1) is 24.2 Å². The quantitative estimate of drug-likeness (QED) is 0.868. The van der Waals surface area contributed by atoms with E-state index in [0.29, 0.717) is 5.92 Å². The van der Waals surface area contributed by atoms with Crippen LogP contribution in [0.25, 0.3) is 0 Å². The predicted octanol–water partition coefficient (Wildman–Crippen LogP) is 2.73. The van der Waals surface area contributed by atoms with Crippen molar-refractivity contribution in [3.05, 3.63) is 29.8 Å². The summed E-state index contributed by atoms with van der Waals surface area (Å²) in [5.41, 5.74) is 2.24. The molecule has 1 atom stereocenters. The minimum atomic E-state index is -0.110. The largest absolute Gasteiger partial charge is 0.381 e. The molecule has 0 saturated carbocycles. The Morgan fingerprint density at radius 3 is 2.82 bits per heavy atom. The summed E-state index contributed by atoms with van der Waals surface area (Å²) in [4.78, 5) is 0. The van der Waals surface area contributed by atoms with Crippen LogP contribution >= 0.6 is 0 Å². The van der Waals surface area contributed by atoms with Crippen molar-refractivity contribution in [2.24, 2.45) is 5.92 Å². The molecule has 3 heteroatoms. The highest BCUT2D eigenvalue weighted by atomic mass is 16.5. The minimum absolute atomic E-state index is 0.110. The maximum atomic E-state index is 9.26. The number of nitrogens with zero attached hydrogens (tertiary/aromatic N) is 1. The van der Waals surface area contributed by atoms with Gasteiger partial charge in [-0.15, -0.1) is 0 Å². The van der Waals surface area contributed by atoms with Crippen LogP contribution in [0.4, 0.5) is 5.69 Å². The molecule has 1 aromatic carbocycles. The van der Waals surface area contributed by atoms with Gasteiger partial charge in [0.2, 0.25) is 0 Å². The third-order valence-electron chi connectivity index (χ3n) is 3.22. The first-order chi connectivity index (χ1) is 8.29. The Kier molecular flexibility index (Phi) is 4.00. The predicted molar refractivity (Wildman–Crippen MR) is 67.7 cm³/mol. The first-order valence-electron chi connectivity index (χ1n) is 6.10. The van der Waals surface area contributed by atoms with E-state index < -0.39 is 0 Å². The highest BCUT2D eigenvalue weighted by molar-refractivity contribution is 5.47. The number of anilines is 1. The van der Waals surface area contributed by atoms with Gasteiger partial charge >= 0.3 is 0 Å². The Labute approximate surface area is 102 Å². The van der Waals surface area contributed by atoms with E-state index in [1.165, 1.54) is 5.56 Å². The molecule has 1 heterocycles. The molecule has 90 valence electrons. The second-order valence-electron chi connectivity index (χ2n) is 4.57. The molecule has 0 aromatic heterocycles. The van der Waals surface area contributed by atoms with Crippen molar-refractivity contribution in [1.29, 1.82) is 5.26 Å². The Bertz CT molecular complexity index is 405. The van der Waals surface area contributed by atoms with E-state index in [1.54, 1.807) is 0 Å². The third-order valence-corrected chi connectivity index (χ3v) is 3.22. The average Bonchev–Trinajstić information content (AvgIpc) is 2.37. The fraction of sp³-hybridized carbons (Fsp3) is 0.500. The number of hydrogen-bond acceptors (Lipinski definition) is 3. The molecule has 2 rings (SSSR count). The van der Waals surface area contributed by atoms with Gasteiger partial charge in [-0.2, -0.15) is 5.26 Å². The molecule has 0 spiro atoms. The summed E-state index contributed by atoms with van der Waals surface area (Å²) in [5, 5.41) is 12.6. The van der Waals surface area contributed by atoms with Crippen molar-refractivity contribution in [3.8, 4) is 6.07 Å². The molecule has 0 aliphatic carbocycles. The van der Waals surface area contributed by atoms with Crippen molar-refractivity contribution in [3.63, 3.8) is 0 Å². The van der Waals surface area contributed by atoms with Crippen LogP contribution in [0.3, 0.4) is 0 Å². The number of hydrogen-bond donors (Lipinski definition) is 1. The number of nitrogens with one attached hydrogen (secondary N) is 1. The Morgan fingerprint density at radius 2 is 2.18 bits per heavy atom. The topological polar surface area (TPSA) is 45.0 Å². The zero-order valence-electron chi connectivity index (χ0n) is 10.1. The normalized spacial score (nSPS) is 18.4. The lowest BCUT2D eigenvalue weighted by molar-refractivity contribution is 0.0651. The van der Waals surface area contributed by atoms with Gasteiger partial charge in [0.05, 0.1) is 6.07 Å². The highest BCUT2D eigenvalue weighted by Gasteiger charge is 2.23. The van der Waals surface area contributed by atoms with E-state index in [1.807, 2.05) is 12.1 Å². The van der Waals surface area contributed by atoms with Gasteiger partial charge in [0, 0.05) is 18.9 Å². The summed E-state index contributed by atoms with van der Waals surface area (Å²) < 4.78 is 5.33. The van der Waals surface area contributed by atoms with Crippen LogP contribution in [-0.2, 0) is 4.74 Å². The monoisotopic (exact) mass is 230 g/mol. The van der Waals surface area contributed by atoms with E-state index in [-0.39, 0.29) is 6.04 Å². The molecule has 1 unspecified atom stereocenters. The Morgan fingerprint density at radius 1 is 1.41 bits per heavy atom. The summed E-state index contributed by atoms with van der Waals surface area (Å²) in [6, 6.07) is 10.4. The molecule has 1 saturated heterocycles. The summed E-state index contributed by atoms with van der Waals surface area (Å²) in [6.45, 7) is 3.61. The average molecular weight is 230 g/mol. The smallest absolute Gasteiger partial charge is 0.117 e. The molecule has 1 fully saturated rings. The summed E-state index contributed by atoms with van der Waals surface area (Å²) in [7, 11) is 0. The van der Waals surface area contributed by atoms with Gasteiger partial charge in [-0.3, -0.25) is 0 Å². The third kappa shape index (κ3) is 3.21. The molecule has 1 N–H and O–H groups in total. The van der Waals surface area contributed by atoms with E-state index >= 15 is 0 Å². The summed E-state index contributed by atoms with van der Waals surface area (Å²) >= 11 is 0. The fourth-order valence-corrected chi connectivity index (χ4v) is 2.22. The highest BCUT2D eigenvalue weighted by Crippen LogP contribution is 2.22.